The van der Waals surface area contributed by atoms with E-state index in [1.165, 1.54) is 4.90 Å². The van der Waals surface area contributed by atoms with E-state index in [1.54, 1.807) is 49.1 Å². The van der Waals surface area contributed by atoms with Gasteiger partial charge in [-0.05, 0) is 42.8 Å². The second kappa shape index (κ2) is 7.13. The van der Waals surface area contributed by atoms with E-state index < -0.39 is 0 Å². The molecular formula is C18H18ClN5O2. The normalized spacial score (nSPS) is 10.8. The third kappa shape index (κ3) is 3.67. The third-order valence-corrected chi connectivity index (χ3v) is 4.29. The molecule has 0 unspecified atom stereocenters. The van der Waals surface area contributed by atoms with Crippen LogP contribution >= 0.6 is 11.6 Å². The van der Waals surface area contributed by atoms with Gasteiger partial charge >= 0.3 is 0 Å². The van der Waals surface area contributed by atoms with E-state index in [4.69, 9.17) is 11.6 Å². The van der Waals surface area contributed by atoms with E-state index in [-0.39, 0.29) is 18.4 Å². The number of benzene rings is 2. The Balaban J connectivity index is 1.69. The molecule has 0 atom stereocenters. The van der Waals surface area contributed by atoms with E-state index in [0.717, 1.165) is 11.1 Å². The Morgan fingerprint density at radius 3 is 2.77 bits per heavy atom. The van der Waals surface area contributed by atoms with Gasteiger partial charge in [-0.1, -0.05) is 22.9 Å². The molecule has 1 heterocycles. The Labute approximate surface area is 155 Å². The zero-order valence-corrected chi connectivity index (χ0v) is 15.4. The summed E-state index contributed by atoms with van der Waals surface area (Å²) in [4.78, 5) is 26.2. The number of likely N-dealkylation sites (N-methyl/N-ethyl adjacent to an activating group) is 1. The monoisotopic (exact) mass is 371 g/mol. The molecule has 7 nitrogen and oxygen atoms in total. The molecule has 3 aromatic rings. The second-order valence-corrected chi connectivity index (χ2v) is 6.52. The molecule has 26 heavy (non-hydrogen) atoms. The fraction of sp³-hybridized carbons (Fsp3) is 0.222. The van der Waals surface area contributed by atoms with Crippen molar-refractivity contribution in [1.29, 1.82) is 0 Å². The maximum Gasteiger partial charge on any atom is 0.254 e. The first-order valence-electron chi connectivity index (χ1n) is 7.96. The Kier molecular flexibility index (Phi) is 4.90. The molecule has 0 bridgehead atoms. The summed E-state index contributed by atoms with van der Waals surface area (Å²) in [6.07, 6.45) is 0. The molecule has 0 spiro atoms. The average molecular weight is 372 g/mol. The lowest BCUT2D eigenvalue weighted by Gasteiger charge is -2.17. The maximum absolute atomic E-state index is 12.6. The van der Waals surface area contributed by atoms with Crippen molar-refractivity contribution in [2.24, 2.45) is 7.05 Å². The van der Waals surface area contributed by atoms with Gasteiger partial charge in [-0.15, -0.1) is 5.10 Å². The van der Waals surface area contributed by atoms with Crippen LogP contribution in [0, 0.1) is 6.92 Å². The third-order valence-electron chi connectivity index (χ3n) is 4.06. The molecule has 0 radical (unpaired) electrons. The highest BCUT2D eigenvalue weighted by atomic mass is 35.5. The first-order chi connectivity index (χ1) is 12.3. The standard InChI is InChI=1S/C18H18ClN5O2/c1-11-4-6-13(19)9-14(11)20-17(25)10-23(2)18(26)12-5-7-16-15(8-12)21-22-24(16)3/h4-9H,10H2,1-3H3,(H,20,25). The van der Waals surface area contributed by atoms with Crippen molar-refractivity contribution >= 4 is 40.1 Å². The molecule has 0 aliphatic heterocycles. The largest absolute Gasteiger partial charge is 0.332 e. The van der Waals surface area contributed by atoms with Crippen molar-refractivity contribution in [3.05, 3.63) is 52.5 Å². The van der Waals surface area contributed by atoms with Gasteiger partial charge in [0.25, 0.3) is 5.91 Å². The SMILES string of the molecule is Cc1ccc(Cl)cc1NC(=O)CN(C)C(=O)c1ccc2c(c1)nnn2C. The van der Waals surface area contributed by atoms with E-state index >= 15 is 0 Å². The van der Waals surface area contributed by atoms with Gasteiger partial charge in [0.05, 0.1) is 12.1 Å². The number of amides is 2. The molecule has 1 aromatic heterocycles. The fourth-order valence-electron chi connectivity index (χ4n) is 2.60. The summed E-state index contributed by atoms with van der Waals surface area (Å²) in [7, 11) is 3.36. The highest BCUT2D eigenvalue weighted by molar-refractivity contribution is 6.31. The Morgan fingerprint density at radius 2 is 2.00 bits per heavy atom. The van der Waals surface area contributed by atoms with Gasteiger partial charge in [0.15, 0.2) is 0 Å². The van der Waals surface area contributed by atoms with Gasteiger partial charge in [0, 0.05) is 30.4 Å². The number of hydrogen-bond acceptors (Lipinski definition) is 4. The van der Waals surface area contributed by atoms with Crippen molar-refractivity contribution in [2.45, 2.75) is 6.92 Å². The minimum atomic E-state index is -0.299. The van der Waals surface area contributed by atoms with E-state index in [0.29, 0.717) is 21.8 Å². The summed E-state index contributed by atoms with van der Waals surface area (Å²) in [5.74, 6) is -0.567. The first kappa shape index (κ1) is 17.9. The van der Waals surface area contributed by atoms with Gasteiger partial charge in [-0.3, -0.25) is 9.59 Å². The van der Waals surface area contributed by atoms with Gasteiger partial charge < -0.3 is 10.2 Å². The predicted octanol–water partition coefficient (Wildman–Crippen LogP) is 2.64. The lowest BCUT2D eigenvalue weighted by atomic mass is 10.1. The van der Waals surface area contributed by atoms with Crippen molar-refractivity contribution in [2.75, 3.05) is 18.9 Å². The van der Waals surface area contributed by atoms with Crippen molar-refractivity contribution < 1.29 is 9.59 Å². The molecule has 2 amide bonds. The van der Waals surface area contributed by atoms with Crippen LogP contribution < -0.4 is 5.32 Å². The van der Waals surface area contributed by atoms with Crippen LogP contribution in [0.3, 0.4) is 0 Å². The molecule has 0 aliphatic carbocycles. The average Bonchev–Trinajstić information content (AvgIpc) is 2.98. The van der Waals surface area contributed by atoms with Crippen LogP contribution in [0.15, 0.2) is 36.4 Å². The number of nitrogens with one attached hydrogen (secondary N) is 1. The number of anilines is 1. The van der Waals surface area contributed by atoms with E-state index in [1.807, 2.05) is 13.0 Å². The summed E-state index contributed by atoms with van der Waals surface area (Å²) < 4.78 is 1.63. The topological polar surface area (TPSA) is 80.1 Å². The molecule has 8 heteroatoms. The summed E-state index contributed by atoms with van der Waals surface area (Å²) in [5.41, 5.74) is 3.44. The maximum atomic E-state index is 12.6. The highest BCUT2D eigenvalue weighted by Crippen LogP contribution is 2.20. The number of aromatic nitrogens is 3. The predicted molar refractivity (Wildman–Crippen MR) is 100 cm³/mol. The first-order valence-corrected chi connectivity index (χ1v) is 8.34. The molecular weight excluding hydrogens is 354 g/mol. The van der Waals surface area contributed by atoms with Gasteiger partial charge in [-0.25, -0.2) is 4.68 Å². The summed E-state index contributed by atoms with van der Waals surface area (Å²) >= 11 is 5.96. The van der Waals surface area contributed by atoms with Crippen LogP contribution in [0.25, 0.3) is 11.0 Å². The quantitative estimate of drug-likeness (QED) is 0.764. The Morgan fingerprint density at radius 1 is 1.23 bits per heavy atom. The summed E-state index contributed by atoms with van der Waals surface area (Å²) in [6, 6.07) is 10.4. The highest BCUT2D eigenvalue weighted by Gasteiger charge is 2.17. The van der Waals surface area contributed by atoms with Crippen LogP contribution in [0.2, 0.25) is 5.02 Å². The number of rotatable bonds is 4. The van der Waals surface area contributed by atoms with Gasteiger partial charge in [-0.2, -0.15) is 0 Å². The van der Waals surface area contributed by atoms with Crippen molar-refractivity contribution in [3.8, 4) is 0 Å². The number of aryl methyl sites for hydroxylation is 2. The minimum Gasteiger partial charge on any atom is -0.332 e. The summed E-state index contributed by atoms with van der Waals surface area (Å²) in [5, 5.41) is 11.2. The van der Waals surface area contributed by atoms with Crippen LogP contribution in [-0.2, 0) is 11.8 Å². The molecule has 0 saturated carbocycles. The second-order valence-electron chi connectivity index (χ2n) is 6.09. The number of carbonyl (C=O) groups excluding carboxylic acids is 2. The smallest absolute Gasteiger partial charge is 0.254 e. The number of hydrogen-bond donors (Lipinski definition) is 1. The molecule has 134 valence electrons. The number of carbonyl (C=O) groups is 2. The zero-order chi connectivity index (χ0) is 18.8. The van der Waals surface area contributed by atoms with Crippen LogP contribution in [0.1, 0.15) is 15.9 Å². The van der Waals surface area contributed by atoms with Gasteiger partial charge in [0.1, 0.15) is 5.52 Å². The zero-order valence-electron chi connectivity index (χ0n) is 14.7. The van der Waals surface area contributed by atoms with Crippen molar-refractivity contribution in [3.63, 3.8) is 0 Å². The number of fused-ring (bicyclic) bond motifs is 1. The molecule has 1 N–H and O–H groups in total. The molecule has 0 saturated heterocycles. The molecule has 2 aromatic carbocycles. The van der Waals surface area contributed by atoms with Crippen LogP contribution in [0.4, 0.5) is 5.69 Å². The van der Waals surface area contributed by atoms with Crippen LogP contribution in [-0.4, -0.2) is 45.3 Å². The number of nitrogens with zero attached hydrogens (tertiary/aromatic N) is 4. The molecule has 0 fully saturated rings. The molecule has 0 aliphatic rings. The van der Waals surface area contributed by atoms with E-state index in [2.05, 4.69) is 15.6 Å². The molecule has 3 rings (SSSR count). The van der Waals surface area contributed by atoms with E-state index in [9.17, 15) is 9.59 Å². The summed E-state index contributed by atoms with van der Waals surface area (Å²) in [6.45, 7) is 1.79. The number of halogens is 1. The minimum absolute atomic E-state index is 0.0801. The van der Waals surface area contributed by atoms with Crippen molar-refractivity contribution in [1.82, 2.24) is 19.9 Å². The lowest BCUT2D eigenvalue weighted by Crippen LogP contribution is -2.35. The lowest BCUT2D eigenvalue weighted by molar-refractivity contribution is -0.116. The van der Waals surface area contributed by atoms with Crippen LogP contribution in [0.5, 0.6) is 0 Å². The Hall–Kier alpha value is -2.93. The Bertz CT molecular complexity index is 998. The van der Waals surface area contributed by atoms with Gasteiger partial charge in [0.2, 0.25) is 5.91 Å². The fourth-order valence-corrected chi connectivity index (χ4v) is 2.77.